The Morgan fingerprint density at radius 3 is 1.87 bits per heavy atom. The van der Waals surface area contributed by atoms with Gasteiger partial charge in [-0.05, 0) is 0 Å². The van der Waals surface area contributed by atoms with Crippen molar-refractivity contribution in [1.82, 2.24) is 15.0 Å². The van der Waals surface area contributed by atoms with Crippen molar-refractivity contribution in [1.29, 1.82) is 0 Å². The molecule has 0 bridgehead atoms. The van der Waals surface area contributed by atoms with Crippen molar-refractivity contribution in [2.75, 3.05) is 68.2 Å². The van der Waals surface area contributed by atoms with Crippen LogP contribution in [0.25, 0.3) is 0 Å². The van der Waals surface area contributed by atoms with Crippen LogP contribution in [-0.2, 0) is 14.3 Å². The molecule has 1 aromatic heterocycles. The summed E-state index contributed by atoms with van der Waals surface area (Å²) < 4.78 is 10.7. The molecule has 3 rings (SSSR count). The molecule has 0 unspecified atom stereocenters. The van der Waals surface area contributed by atoms with Crippen LogP contribution in [-0.4, -0.2) is 84.4 Å². The maximum Gasteiger partial charge on any atom is 0.313 e. The SMILES string of the molecule is O=C(O)CSc1nc(N2CCOCC2)nc(N2CCOCC2)n1. The summed E-state index contributed by atoms with van der Waals surface area (Å²) in [7, 11) is 0. The first-order chi connectivity index (χ1) is 11.2. The van der Waals surface area contributed by atoms with Crippen molar-refractivity contribution < 1.29 is 19.4 Å². The minimum Gasteiger partial charge on any atom is -0.481 e. The van der Waals surface area contributed by atoms with Gasteiger partial charge in [-0.15, -0.1) is 0 Å². The van der Waals surface area contributed by atoms with Gasteiger partial charge in [-0.25, -0.2) is 0 Å². The van der Waals surface area contributed by atoms with E-state index < -0.39 is 5.97 Å². The second-order valence-corrected chi connectivity index (χ2v) is 6.04. The van der Waals surface area contributed by atoms with Gasteiger partial charge >= 0.3 is 5.97 Å². The lowest BCUT2D eigenvalue weighted by Gasteiger charge is -2.30. The Kier molecular flexibility index (Phi) is 5.47. The summed E-state index contributed by atoms with van der Waals surface area (Å²) >= 11 is 1.11. The summed E-state index contributed by atoms with van der Waals surface area (Å²) in [6.45, 7) is 5.41. The lowest BCUT2D eigenvalue weighted by Crippen LogP contribution is -2.40. The third-order valence-electron chi connectivity index (χ3n) is 3.50. The smallest absolute Gasteiger partial charge is 0.313 e. The van der Waals surface area contributed by atoms with Crippen molar-refractivity contribution in [2.24, 2.45) is 0 Å². The van der Waals surface area contributed by atoms with Gasteiger partial charge < -0.3 is 24.4 Å². The van der Waals surface area contributed by atoms with Crippen LogP contribution in [0.2, 0.25) is 0 Å². The number of hydrogen-bond donors (Lipinski definition) is 1. The first-order valence-corrected chi connectivity index (χ1v) is 8.47. The molecule has 0 saturated carbocycles. The van der Waals surface area contributed by atoms with Crippen molar-refractivity contribution in [2.45, 2.75) is 5.16 Å². The Hall–Kier alpha value is -1.65. The van der Waals surface area contributed by atoms with E-state index in [1.807, 2.05) is 9.80 Å². The highest BCUT2D eigenvalue weighted by Gasteiger charge is 2.21. The highest BCUT2D eigenvalue weighted by atomic mass is 32.2. The van der Waals surface area contributed by atoms with Crippen molar-refractivity contribution in [3.05, 3.63) is 0 Å². The number of rotatable bonds is 5. The maximum atomic E-state index is 10.8. The standard InChI is InChI=1S/C13H19N5O4S/c19-10(20)9-23-13-15-11(17-1-5-21-6-2-17)14-12(16-13)18-3-7-22-8-4-18/h1-9H2,(H,19,20). The van der Waals surface area contributed by atoms with Crippen LogP contribution in [0.15, 0.2) is 5.16 Å². The molecule has 126 valence electrons. The van der Waals surface area contributed by atoms with E-state index in [4.69, 9.17) is 14.6 Å². The number of carboxylic acids is 1. The number of ether oxygens (including phenoxy) is 2. The van der Waals surface area contributed by atoms with Crippen molar-refractivity contribution in [3.63, 3.8) is 0 Å². The normalized spacial score (nSPS) is 19.0. The molecule has 2 fully saturated rings. The van der Waals surface area contributed by atoms with Crippen LogP contribution in [0, 0.1) is 0 Å². The third-order valence-corrected chi connectivity index (χ3v) is 4.34. The summed E-state index contributed by atoms with van der Waals surface area (Å²) in [5, 5.41) is 9.30. The number of aromatic nitrogens is 3. The van der Waals surface area contributed by atoms with E-state index in [9.17, 15) is 4.79 Å². The molecular weight excluding hydrogens is 322 g/mol. The zero-order valence-electron chi connectivity index (χ0n) is 12.7. The van der Waals surface area contributed by atoms with Crippen LogP contribution in [0.4, 0.5) is 11.9 Å². The molecule has 2 aliphatic rings. The summed E-state index contributed by atoms with van der Waals surface area (Å²) in [6.07, 6.45) is 0. The van der Waals surface area contributed by atoms with E-state index in [0.717, 1.165) is 37.9 Å². The molecule has 3 heterocycles. The Morgan fingerprint density at radius 2 is 1.43 bits per heavy atom. The van der Waals surface area contributed by atoms with Gasteiger partial charge in [0.2, 0.25) is 11.9 Å². The van der Waals surface area contributed by atoms with Gasteiger partial charge in [0.1, 0.15) is 0 Å². The molecule has 0 aliphatic carbocycles. The summed E-state index contributed by atoms with van der Waals surface area (Å²) in [4.78, 5) is 28.3. The minimum absolute atomic E-state index is 0.0743. The molecule has 0 amide bonds. The Balaban J connectivity index is 1.83. The summed E-state index contributed by atoms with van der Waals surface area (Å²) in [6, 6.07) is 0. The second-order valence-electron chi connectivity index (χ2n) is 5.10. The maximum absolute atomic E-state index is 10.8. The van der Waals surface area contributed by atoms with Gasteiger partial charge in [-0.3, -0.25) is 4.79 Å². The first kappa shape index (κ1) is 16.2. The average Bonchev–Trinajstić information content (AvgIpc) is 2.61. The second kappa shape index (κ2) is 7.75. The monoisotopic (exact) mass is 341 g/mol. The lowest BCUT2D eigenvalue weighted by molar-refractivity contribution is -0.133. The highest BCUT2D eigenvalue weighted by molar-refractivity contribution is 7.99. The van der Waals surface area contributed by atoms with E-state index in [0.29, 0.717) is 43.5 Å². The van der Waals surface area contributed by atoms with Crippen LogP contribution < -0.4 is 9.80 Å². The third kappa shape index (κ3) is 4.43. The fourth-order valence-electron chi connectivity index (χ4n) is 2.34. The molecule has 2 saturated heterocycles. The van der Waals surface area contributed by atoms with Gasteiger partial charge in [0.15, 0.2) is 5.16 Å². The van der Waals surface area contributed by atoms with E-state index >= 15 is 0 Å². The predicted molar refractivity (Wildman–Crippen MR) is 84.3 cm³/mol. The molecule has 0 aromatic carbocycles. The predicted octanol–water partition coefficient (Wildman–Crippen LogP) is -0.278. The Morgan fingerprint density at radius 1 is 0.957 bits per heavy atom. The number of carboxylic acid groups (broad SMARTS) is 1. The van der Waals surface area contributed by atoms with Crippen molar-refractivity contribution >= 4 is 29.6 Å². The topological polar surface area (TPSA) is 101 Å². The molecular formula is C13H19N5O4S. The molecule has 0 radical (unpaired) electrons. The number of thioether (sulfide) groups is 1. The van der Waals surface area contributed by atoms with Gasteiger partial charge in [-0.2, -0.15) is 15.0 Å². The summed E-state index contributed by atoms with van der Waals surface area (Å²) in [5.41, 5.74) is 0. The van der Waals surface area contributed by atoms with E-state index in [1.165, 1.54) is 0 Å². The van der Waals surface area contributed by atoms with Crippen LogP contribution >= 0.6 is 11.8 Å². The first-order valence-electron chi connectivity index (χ1n) is 7.48. The minimum atomic E-state index is -0.892. The van der Waals surface area contributed by atoms with E-state index in [-0.39, 0.29) is 5.75 Å². The van der Waals surface area contributed by atoms with E-state index in [2.05, 4.69) is 15.0 Å². The Labute approximate surface area is 138 Å². The fourth-order valence-corrected chi connectivity index (χ4v) is 2.88. The number of carbonyl (C=O) groups is 1. The number of anilines is 2. The van der Waals surface area contributed by atoms with Gasteiger partial charge in [0.05, 0.1) is 32.2 Å². The van der Waals surface area contributed by atoms with Gasteiger partial charge in [0.25, 0.3) is 0 Å². The highest BCUT2D eigenvalue weighted by Crippen LogP contribution is 2.21. The molecule has 2 aliphatic heterocycles. The zero-order valence-corrected chi connectivity index (χ0v) is 13.5. The number of morpholine rings is 2. The average molecular weight is 341 g/mol. The fraction of sp³-hybridized carbons (Fsp3) is 0.692. The van der Waals surface area contributed by atoms with Crippen LogP contribution in [0.3, 0.4) is 0 Å². The van der Waals surface area contributed by atoms with Gasteiger partial charge in [-0.1, -0.05) is 11.8 Å². The van der Waals surface area contributed by atoms with Crippen LogP contribution in [0.1, 0.15) is 0 Å². The molecule has 1 N–H and O–H groups in total. The molecule has 9 nitrogen and oxygen atoms in total. The molecule has 23 heavy (non-hydrogen) atoms. The molecule has 0 atom stereocenters. The van der Waals surface area contributed by atoms with Crippen molar-refractivity contribution in [3.8, 4) is 0 Å². The van der Waals surface area contributed by atoms with Gasteiger partial charge in [0, 0.05) is 26.2 Å². The Bertz CT molecular complexity index is 513. The zero-order chi connectivity index (χ0) is 16.1. The molecule has 1 aromatic rings. The number of aliphatic carboxylic acids is 1. The largest absolute Gasteiger partial charge is 0.481 e. The number of hydrogen-bond acceptors (Lipinski definition) is 9. The molecule has 10 heteroatoms. The van der Waals surface area contributed by atoms with E-state index in [1.54, 1.807) is 0 Å². The van der Waals surface area contributed by atoms with Crippen LogP contribution in [0.5, 0.6) is 0 Å². The quantitative estimate of drug-likeness (QED) is 0.720. The molecule has 0 spiro atoms. The lowest BCUT2D eigenvalue weighted by atomic mass is 10.4. The summed E-state index contributed by atoms with van der Waals surface area (Å²) in [5.74, 6) is 0.196. The number of nitrogens with zero attached hydrogens (tertiary/aromatic N) is 5.